The van der Waals surface area contributed by atoms with Gasteiger partial charge in [0, 0.05) is 19.5 Å². The van der Waals surface area contributed by atoms with Gasteiger partial charge in [0.1, 0.15) is 0 Å². The van der Waals surface area contributed by atoms with Gasteiger partial charge in [0.25, 0.3) is 0 Å². The molecule has 0 saturated heterocycles. The Morgan fingerprint density at radius 2 is 0.872 bits per heavy atom. The Balaban J connectivity index is 4.10. The third kappa shape index (κ3) is 25.4. The lowest BCUT2D eigenvalue weighted by atomic mass is 10.0. The van der Waals surface area contributed by atoms with Crippen molar-refractivity contribution in [2.45, 2.75) is 126 Å². The van der Waals surface area contributed by atoms with E-state index in [0.717, 1.165) is 64.2 Å². The fourth-order valence-corrected chi connectivity index (χ4v) is 4.13. The van der Waals surface area contributed by atoms with E-state index in [1.165, 1.54) is 39.9 Å². The molecule has 0 radical (unpaired) electrons. The highest BCUT2D eigenvalue weighted by molar-refractivity contribution is 5.76. The predicted molar refractivity (Wildman–Crippen MR) is 171 cm³/mol. The summed E-state index contributed by atoms with van der Waals surface area (Å²) >= 11 is 0. The number of rotatable bonds is 22. The Kier molecular flexibility index (Phi) is 22.8. The normalized spacial score (nSPS) is 13.4. The topological polar surface area (TPSA) is 58.2 Å². The SMILES string of the molecule is CC(C)=CCC/C(C)=C/CC/C(C)=C/CC/C=C(\C)CC/C=C(\C)CC/C=C(\C)CCC(=O)NCCNC=O. The maximum atomic E-state index is 11.8. The van der Waals surface area contributed by atoms with Crippen molar-refractivity contribution >= 4 is 12.3 Å². The first-order chi connectivity index (χ1) is 18.6. The summed E-state index contributed by atoms with van der Waals surface area (Å²) in [6.45, 7) is 16.4. The van der Waals surface area contributed by atoms with Crippen LogP contribution in [0.15, 0.2) is 69.9 Å². The Labute approximate surface area is 240 Å². The van der Waals surface area contributed by atoms with Crippen molar-refractivity contribution in [2.24, 2.45) is 0 Å². The molecule has 0 aromatic carbocycles. The van der Waals surface area contributed by atoms with E-state index in [-0.39, 0.29) is 5.91 Å². The summed E-state index contributed by atoms with van der Waals surface area (Å²) in [7, 11) is 0. The molecule has 0 spiro atoms. The Bertz CT molecular complexity index is 880. The fraction of sp³-hybridized carbons (Fsp3) is 0.600. The van der Waals surface area contributed by atoms with Gasteiger partial charge in [-0.3, -0.25) is 9.59 Å². The molecule has 0 bridgehead atoms. The lowest BCUT2D eigenvalue weighted by Gasteiger charge is -2.05. The van der Waals surface area contributed by atoms with Crippen molar-refractivity contribution in [1.29, 1.82) is 0 Å². The molecule has 0 aliphatic carbocycles. The van der Waals surface area contributed by atoms with Crippen LogP contribution in [-0.2, 0) is 9.59 Å². The molecule has 0 aromatic rings. The van der Waals surface area contributed by atoms with Gasteiger partial charge in [-0.15, -0.1) is 0 Å². The summed E-state index contributed by atoms with van der Waals surface area (Å²) in [5.74, 6) is 0.0327. The van der Waals surface area contributed by atoms with Gasteiger partial charge in [-0.25, -0.2) is 0 Å². The van der Waals surface area contributed by atoms with Crippen LogP contribution in [0.5, 0.6) is 0 Å². The maximum Gasteiger partial charge on any atom is 0.220 e. The van der Waals surface area contributed by atoms with Crippen LogP contribution in [-0.4, -0.2) is 25.4 Å². The number of carbonyl (C=O) groups excluding carboxylic acids is 2. The number of allylic oxidation sites excluding steroid dienone is 12. The molecule has 0 aliphatic heterocycles. The van der Waals surface area contributed by atoms with Gasteiger partial charge < -0.3 is 10.6 Å². The van der Waals surface area contributed by atoms with Gasteiger partial charge in [-0.2, -0.15) is 0 Å². The van der Waals surface area contributed by atoms with E-state index in [9.17, 15) is 9.59 Å². The molecule has 4 nitrogen and oxygen atoms in total. The molecule has 39 heavy (non-hydrogen) atoms. The van der Waals surface area contributed by atoms with E-state index in [1.54, 1.807) is 0 Å². The van der Waals surface area contributed by atoms with Crippen molar-refractivity contribution in [3.8, 4) is 0 Å². The zero-order chi connectivity index (χ0) is 29.3. The van der Waals surface area contributed by atoms with Crippen LogP contribution in [0.4, 0.5) is 0 Å². The number of hydrogen-bond acceptors (Lipinski definition) is 2. The van der Waals surface area contributed by atoms with Gasteiger partial charge in [0.2, 0.25) is 12.3 Å². The van der Waals surface area contributed by atoms with E-state index in [0.29, 0.717) is 25.9 Å². The molecule has 0 rings (SSSR count). The van der Waals surface area contributed by atoms with Crippen LogP contribution in [0.1, 0.15) is 126 Å². The van der Waals surface area contributed by atoms with Crippen LogP contribution in [0, 0.1) is 0 Å². The average Bonchev–Trinajstić information content (AvgIpc) is 2.87. The Morgan fingerprint density at radius 1 is 0.487 bits per heavy atom. The lowest BCUT2D eigenvalue weighted by molar-refractivity contribution is -0.121. The van der Waals surface area contributed by atoms with Crippen LogP contribution in [0.3, 0.4) is 0 Å². The van der Waals surface area contributed by atoms with Crippen LogP contribution < -0.4 is 10.6 Å². The number of unbranched alkanes of at least 4 members (excludes halogenated alkanes) is 1. The molecule has 0 fully saturated rings. The van der Waals surface area contributed by atoms with Crippen molar-refractivity contribution in [3.63, 3.8) is 0 Å². The van der Waals surface area contributed by atoms with Crippen molar-refractivity contribution in [3.05, 3.63) is 69.9 Å². The van der Waals surface area contributed by atoms with E-state index >= 15 is 0 Å². The molecule has 0 aliphatic rings. The fourth-order valence-electron chi connectivity index (χ4n) is 4.13. The smallest absolute Gasteiger partial charge is 0.220 e. The highest BCUT2D eigenvalue weighted by Gasteiger charge is 2.01. The minimum Gasteiger partial charge on any atom is -0.357 e. The zero-order valence-corrected chi connectivity index (χ0v) is 26.3. The lowest BCUT2D eigenvalue weighted by Crippen LogP contribution is -2.31. The zero-order valence-electron chi connectivity index (χ0n) is 26.3. The van der Waals surface area contributed by atoms with Gasteiger partial charge in [0.05, 0.1) is 0 Å². The van der Waals surface area contributed by atoms with Crippen LogP contribution >= 0.6 is 0 Å². The maximum absolute atomic E-state index is 11.8. The van der Waals surface area contributed by atoms with Gasteiger partial charge in [-0.1, -0.05) is 69.9 Å². The van der Waals surface area contributed by atoms with Crippen LogP contribution in [0.2, 0.25) is 0 Å². The molecule has 2 amide bonds. The summed E-state index contributed by atoms with van der Waals surface area (Å²) in [6, 6.07) is 0. The molecule has 0 atom stereocenters. The average molecular weight is 539 g/mol. The first-order valence-corrected chi connectivity index (χ1v) is 15.0. The quantitative estimate of drug-likeness (QED) is 0.0820. The summed E-state index contributed by atoms with van der Waals surface area (Å²) in [6.07, 6.45) is 27.3. The second-order valence-corrected chi connectivity index (χ2v) is 11.2. The third-order valence-corrected chi connectivity index (χ3v) is 6.76. The molecule has 0 aromatic heterocycles. The van der Waals surface area contributed by atoms with Crippen molar-refractivity contribution < 1.29 is 9.59 Å². The van der Waals surface area contributed by atoms with Crippen molar-refractivity contribution in [2.75, 3.05) is 13.1 Å². The molecule has 0 unspecified atom stereocenters. The van der Waals surface area contributed by atoms with E-state index in [1.807, 2.05) is 0 Å². The minimum absolute atomic E-state index is 0.0327. The molecular weight excluding hydrogens is 480 g/mol. The number of nitrogens with one attached hydrogen (secondary N) is 2. The predicted octanol–water partition coefficient (Wildman–Crippen LogP) is 9.23. The van der Waals surface area contributed by atoms with E-state index in [2.05, 4.69) is 95.6 Å². The third-order valence-electron chi connectivity index (χ3n) is 6.76. The number of carbonyl (C=O) groups is 2. The standard InChI is InChI=1S/C35H58N2O2/c1-29(2)14-10-17-32(5)20-11-18-30(3)15-8-9-16-31(4)19-12-21-33(6)22-13-23-34(7)24-25-35(39)37-27-26-36-28-38/h14-16,20-21,23,28H,8-13,17-19,22,24-27H2,1-7H3,(H,36,38)(H,37,39)/b30-15+,31-16+,32-20+,33-21+,34-23+. The molecule has 0 heterocycles. The summed E-state index contributed by atoms with van der Waals surface area (Å²) in [4.78, 5) is 22.0. The van der Waals surface area contributed by atoms with Crippen LogP contribution in [0.25, 0.3) is 0 Å². The van der Waals surface area contributed by atoms with Gasteiger partial charge >= 0.3 is 0 Å². The molecular formula is C35H58N2O2. The molecule has 220 valence electrons. The Hall–Kier alpha value is -2.62. The second kappa shape index (κ2) is 24.4. The van der Waals surface area contributed by atoms with E-state index in [4.69, 9.17) is 0 Å². The first-order valence-electron chi connectivity index (χ1n) is 15.0. The molecule has 4 heteroatoms. The summed E-state index contributed by atoms with van der Waals surface area (Å²) in [5.41, 5.74) is 8.60. The van der Waals surface area contributed by atoms with E-state index < -0.39 is 0 Å². The largest absolute Gasteiger partial charge is 0.357 e. The monoisotopic (exact) mass is 538 g/mol. The van der Waals surface area contributed by atoms with Crippen molar-refractivity contribution in [1.82, 2.24) is 10.6 Å². The second-order valence-electron chi connectivity index (χ2n) is 11.2. The highest BCUT2D eigenvalue weighted by atomic mass is 16.1. The van der Waals surface area contributed by atoms with Gasteiger partial charge in [0.15, 0.2) is 0 Å². The Morgan fingerprint density at radius 3 is 1.28 bits per heavy atom. The molecule has 2 N–H and O–H groups in total. The summed E-state index contributed by atoms with van der Waals surface area (Å²) in [5, 5.41) is 5.35. The van der Waals surface area contributed by atoms with Gasteiger partial charge in [-0.05, 0) is 119 Å². The minimum atomic E-state index is 0.0327. The summed E-state index contributed by atoms with van der Waals surface area (Å²) < 4.78 is 0. The number of amides is 2. The number of hydrogen-bond donors (Lipinski definition) is 2. The molecule has 0 saturated carbocycles. The first kappa shape index (κ1) is 36.4. The highest BCUT2D eigenvalue weighted by Crippen LogP contribution is 2.15.